The quantitative estimate of drug-likeness (QED) is 0.0210. The maximum atomic E-state index is 14.5. The van der Waals surface area contributed by atoms with E-state index >= 15 is 0 Å². The summed E-state index contributed by atoms with van der Waals surface area (Å²) in [6.45, 7) is 6.82. The summed E-state index contributed by atoms with van der Waals surface area (Å²) < 4.78 is 6.13. The fourth-order valence-electron chi connectivity index (χ4n) is 9.11. The maximum absolute atomic E-state index is 14.5. The fourth-order valence-corrected chi connectivity index (χ4v) is 9.11. The van der Waals surface area contributed by atoms with E-state index in [1.165, 1.54) is 12.1 Å². The van der Waals surface area contributed by atoms with Crippen molar-refractivity contribution in [3.8, 4) is 11.5 Å². The number of hydrogen-bond donors (Lipinski definition) is 13. The average Bonchev–Trinajstić information content (AvgIpc) is 3.44. The first-order valence-corrected chi connectivity index (χ1v) is 28.9. The van der Waals surface area contributed by atoms with Crippen molar-refractivity contribution in [1.29, 1.82) is 0 Å². The molecule has 3 atom stereocenters. The van der Waals surface area contributed by atoms with Gasteiger partial charge in [-0.15, -0.1) is 0 Å². The Morgan fingerprint density at radius 2 is 1.16 bits per heavy atom. The normalized spacial score (nSPS) is 15.2. The van der Waals surface area contributed by atoms with E-state index in [1.807, 2.05) is 36.4 Å². The fraction of sp³-hybridized carbons (Fsp3) is 0.534. The maximum Gasteiger partial charge on any atom is 0.344 e. The predicted molar refractivity (Wildman–Crippen MR) is 318 cm³/mol. The lowest BCUT2D eigenvalue weighted by Crippen LogP contribution is -2.49. The number of benzene rings is 3. The summed E-state index contributed by atoms with van der Waals surface area (Å²) in [5, 5.41) is 58.4. The van der Waals surface area contributed by atoms with Gasteiger partial charge in [-0.3, -0.25) is 53.2 Å². The lowest BCUT2D eigenvalue weighted by atomic mass is 9.90. The number of urea groups is 1. The number of nitrogens with one attached hydrogen (secondary N) is 7. The Bertz CT molecular complexity index is 2550. The van der Waals surface area contributed by atoms with Crippen LogP contribution in [-0.2, 0) is 40.1 Å². The SMILES string of the molecule is CCC(=O)NCCNC(=O)/N=C(/N)NCCC[C@@H](NC(=O)[C@H](c1ccccc1)c1cccc(OCCCCNC(=O)[C@H](N)CCCCNCN2CCN(CC(=O)O)CCN(CC(=O)O)CCN(CC(=O)O)CC2)c1)C(=O)NCc1ccc(O)cc1. The van der Waals surface area contributed by atoms with E-state index in [2.05, 4.69) is 47.1 Å². The van der Waals surface area contributed by atoms with Gasteiger partial charge in [-0.1, -0.05) is 67.9 Å². The van der Waals surface area contributed by atoms with Crippen LogP contribution in [0.1, 0.15) is 80.9 Å². The van der Waals surface area contributed by atoms with Crippen molar-refractivity contribution in [2.24, 2.45) is 16.5 Å². The summed E-state index contributed by atoms with van der Waals surface area (Å²) >= 11 is 0. The van der Waals surface area contributed by atoms with Gasteiger partial charge in [-0.05, 0) is 86.0 Å². The van der Waals surface area contributed by atoms with Crippen LogP contribution >= 0.6 is 0 Å². The molecule has 15 N–H and O–H groups in total. The first-order chi connectivity index (χ1) is 40.9. The molecule has 1 aliphatic rings. The van der Waals surface area contributed by atoms with Gasteiger partial charge in [0.15, 0.2) is 5.96 Å². The molecule has 0 bridgehead atoms. The van der Waals surface area contributed by atoms with Crippen molar-refractivity contribution >= 4 is 53.5 Å². The van der Waals surface area contributed by atoms with E-state index < -0.39 is 53.8 Å². The molecule has 0 saturated carbocycles. The second-order valence-corrected chi connectivity index (χ2v) is 20.6. The second-order valence-electron chi connectivity index (χ2n) is 20.6. The Kier molecular flexibility index (Phi) is 32.4. The molecule has 1 heterocycles. The number of carbonyl (C=O) groups is 8. The standard InChI is InChI=1S/C58H88N14O13/c1-2-49(74)62-25-26-65-58(84)68-57(60)64-24-11-17-48(55(82)66-37-42-18-20-45(73)21-19-42)67-56(83)53(43-12-4-3-5-13-43)44-14-10-15-46(36-44)85-35-9-8-23-63-54(81)47(59)16-6-7-22-61-41-72-33-31-70(39-51(77)78)29-27-69(38-50(75)76)28-30-71(32-34-72)40-52(79)80/h3-5,10,12-15,18-21,36,47-48,53,61,73H,2,6-9,11,16-17,22-35,37-41,59H2,1H3,(H,62,74)(H,63,81)(H,66,82)(H,67,83)(H,75,76)(H,77,78)(H,79,80)(H4,60,64,65,68,84)/t47-,48-,53-/m1/s1. The molecule has 0 unspecified atom stereocenters. The molecule has 3 aromatic carbocycles. The molecule has 0 spiro atoms. The van der Waals surface area contributed by atoms with Gasteiger partial charge >= 0.3 is 23.9 Å². The Morgan fingerprint density at radius 1 is 0.588 bits per heavy atom. The molecule has 1 aliphatic heterocycles. The molecule has 3 aromatic rings. The molecule has 0 aliphatic carbocycles. The van der Waals surface area contributed by atoms with Crippen LogP contribution in [0.5, 0.6) is 11.5 Å². The van der Waals surface area contributed by atoms with E-state index in [1.54, 1.807) is 52.0 Å². The molecule has 85 heavy (non-hydrogen) atoms. The van der Waals surface area contributed by atoms with Crippen LogP contribution in [0.15, 0.2) is 83.9 Å². The molecule has 1 fully saturated rings. The highest BCUT2D eigenvalue weighted by molar-refractivity contribution is 5.93. The molecule has 0 radical (unpaired) electrons. The zero-order valence-corrected chi connectivity index (χ0v) is 48.7. The predicted octanol–water partition coefficient (Wildman–Crippen LogP) is 0.0409. The van der Waals surface area contributed by atoms with Gasteiger partial charge in [0.1, 0.15) is 17.5 Å². The van der Waals surface area contributed by atoms with E-state index in [9.17, 15) is 58.8 Å². The largest absolute Gasteiger partial charge is 0.508 e. The first kappa shape index (κ1) is 69.5. The van der Waals surface area contributed by atoms with Crippen molar-refractivity contribution in [2.75, 3.05) is 118 Å². The smallest absolute Gasteiger partial charge is 0.344 e. The van der Waals surface area contributed by atoms with Crippen LogP contribution in [0.2, 0.25) is 0 Å². The highest BCUT2D eigenvalue weighted by Crippen LogP contribution is 2.28. The molecular weight excluding hydrogens is 1100 g/mol. The highest BCUT2D eigenvalue weighted by Gasteiger charge is 2.29. The minimum absolute atomic E-state index is 0.0787. The number of aromatic hydroxyl groups is 1. The van der Waals surface area contributed by atoms with Crippen LogP contribution in [0.25, 0.3) is 0 Å². The van der Waals surface area contributed by atoms with Gasteiger partial charge < -0.3 is 73.8 Å². The molecule has 4 rings (SSSR count). The number of guanidine groups is 1. The summed E-state index contributed by atoms with van der Waals surface area (Å²) in [6.07, 6.45) is 3.94. The number of carbonyl (C=O) groups excluding carboxylic acids is 5. The van der Waals surface area contributed by atoms with Gasteiger partial charge in [-0.25, -0.2) is 4.79 Å². The van der Waals surface area contributed by atoms with Crippen LogP contribution in [0.3, 0.4) is 0 Å². The van der Waals surface area contributed by atoms with Crippen LogP contribution in [-0.4, -0.2) is 224 Å². The molecular formula is C58H88N14O13. The number of ether oxygens (including phenoxy) is 1. The van der Waals surface area contributed by atoms with Gasteiger partial charge in [0.25, 0.3) is 0 Å². The van der Waals surface area contributed by atoms with E-state index in [4.69, 9.17) is 16.2 Å². The number of phenols is 1. The van der Waals surface area contributed by atoms with Crippen molar-refractivity contribution in [2.45, 2.75) is 82.8 Å². The number of nitrogens with zero attached hydrogens (tertiary/aromatic N) is 5. The Morgan fingerprint density at radius 3 is 1.78 bits per heavy atom. The third-order valence-corrected chi connectivity index (χ3v) is 13.8. The number of hydrogen-bond acceptors (Lipinski definition) is 16. The van der Waals surface area contributed by atoms with Gasteiger partial charge in [0, 0.05) is 98.2 Å². The van der Waals surface area contributed by atoms with Gasteiger partial charge in [0.2, 0.25) is 23.6 Å². The molecule has 0 aromatic heterocycles. The summed E-state index contributed by atoms with van der Waals surface area (Å²) in [4.78, 5) is 111. The zero-order valence-electron chi connectivity index (χ0n) is 48.7. The summed E-state index contributed by atoms with van der Waals surface area (Å²) in [7, 11) is 0. The summed E-state index contributed by atoms with van der Waals surface area (Å²) in [5.41, 5.74) is 14.2. The lowest BCUT2D eigenvalue weighted by Gasteiger charge is -2.33. The Labute approximate surface area is 496 Å². The van der Waals surface area contributed by atoms with E-state index in [0.29, 0.717) is 134 Å². The minimum Gasteiger partial charge on any atom is -0.508 e. The molecule has 27 heteroatoms. The monoisotopic (exact) mass is 1190 g/mol. The number of carboxylic acid groups (broad SMARTS) is 3. The number of aliphatic carboxylic acids is 3. The van der Waals surface area contributed by atoms with Crippen molar-refractivity contribution in [3.63, 3.8) is 0 Å². The van der Waals surface area contributed by atoms with Crippen molar-refractivity contribution in [1.82, 2.24) is 56.8 Å². The lowest BCUT2D eigenvalue weighted by molar-refractivity contribution is -0.140. The molecule has 468 valence electrons. The topological polar surface area (TPSA) is 388 Å². The van der Waals surface area contributed by atoms with E-state index in [-0.39, 0.29) is 75.8 Å². The number of nitrogens with two attached hydrogens (primary N) is 2. The molecule has 6 amide bonds. The number of carboxylic acids is 3. The average molecular weight is 1190 g/mol. The number of unbranched alkanes of at least 4 members (excludes halogenated alkanes) is 2. The number of amides is 6. The Balaban J connectivity index is 1.24. The highest BCUT2D eigenvalue weighted by atomic mass is 16.5. The number of rotatable bonds is 35. The van der Waals surface area contributed by atoms with Crippen molar-refractivity contribution < 1.29 is 63.5 Å². The summed E-state index contributed by atoms with van der Waals surface area (Å²) in [6, 6.07) is 20.3. The summed E-state index contributed by atoms with van der Waals surface area (Å²) in [5.74, 6) is -4.66. The minimum atomic E-state index is -1.01. The zero-order chi connectivity index (χ0) is 61.8. The second kappa shape index (κ2) is 39.6. The third kappa shape index (κ3) is 29.4. The van der Waals surface area contributed by atoms with Crippen LogP contribution in [0, 0.1) is 0 Å². The first-order valence-electron chi connectivity index (χ1n) is 28.9. The van der Waals surface area contributed by atoms with Crippen LogP contribution in [0.4, 0.5) is 4.79 Å². The van der Waals surface area contributed by atoms with E-state index in [0.717, 1.165) is 12.0 Å². The Hall–Kier alpha value is -7.95. The number of phenolic OH excluding ortho intramolecular Hbond substituents is 1. The number of aliphatic imine (C=N–C) groups is 1. The molecule has 1 saturated heterocycles. The van der Waals surface area contributed by atoms with Crippen molar-refractivity contribution in [3.05, 3.63) is 95.6 Å². The third-order valence-electron chi connectivity index (χ3n) is 13.8. The molecule has 27 nitrogen and oxygen atoms in total. The van der Waals surface area contributed by atoms with Gasteiger partial charge in [-0.2, -0.15) is 4.99 Å². The van der Waals surface area contributed by atoms with Gasteiger partial charge in [0.05, 0.1) is 38.2 Å². The van der Waals surface area contributed by atoms with Crippen LogP contribution < -0.4 is 53.4 Å².